The van der Waals surface area contributed by atoms with Crippen LogP contribution in [0.25, 0.3) is 11.3 Å². The van der Waals surface area contributed by atoms with E-state index in [-0.39, 0.29) is 39.6 Å². The topological polar surface area (TPSA) is 68.2 Å². The van der Waals surface area contributed by atoms with Crippen LogP contribution in [0.2, 0.25) is 5.02 Å². The molecule has 1 aromatic heterocycles. The first-order chi connectivity index (χ1) is 16.1. The molecule has 0 spiro atoms. The highest BCUT2D eigenvalue weighted by atomic mass is 35.5. The van der Waals surface area contributed by atoms with E-state index < -0.39 is 18.0 Å². The molecule has 3 aromatic rings. The van der Waals surface area contributed by atoms with Crippen LogP contribution in [0.3, 0.4) is 0 Å². The first-order valence-electron chi connectivity index (χ1n) is 10.5. The van der Waals surface area contributed by atoms with Gasteiger partial charge in [0.05, 0.1) is 16.9 Å². The fourth-order valence-corrected chi connectivity index (χ4v) is 4.45. The Hall–Kier alpha value is -3.11. The number of carbonyl (C=O) groups excluding carboxylic acids is 1. The van der Waals surface area contributed by atoms with Crippen molar-refractivity contribution in [3.8, 4) is 17.0 Å². The van der Waals surface area contributed by atoms with Crippen LogP contribution in [-0.4, -0.2) is 41.2 Å². The number of nitrogens with one attached hydrogen (secondary N) is 2. The van der Waals surface area contributed by atoms with Crippen molar-refractivity contribution in [1.82, 2.24) is 20.4 Å². The summed E-state index contributed by atoms with van der Waals surface area (Å²) < 4.78 is 58.7. The van der Waals surface area contributed by atoms with Gasteiger partial charge in [-0.3, -0.25) is 9.48 Å². The maximum atomic E-state index is 13.7. The van der Waals surface area contributed by atoms with E-state index in [1.165, 1.54) is 42.2 Å². The zero-order valence-corrected chi connectivity index (χ0v) is 18.8. The van der Waals surface area contributed by atoms with Crippen LogP contribution in [0.1, 0.15) is 28.3 Å². The summed E-state index contributed by atoms with van der Waals surface area (Å²) in [5, 5.41) is 10.1. The Balaban J connectivity index is 1.63. The molecule has 2 aromatic carbocycles. The van der Waals surface area contributed by atoms with Gasteiger partial charge in [0, 0.05) is 36.7 Å². The molecule has 0 radical (unpaired) electrons. The van der Waals surface area contributed by atoms with E-state index in [1.807, 2.05) is 0 Å². The van der Waals surface area contributed by atoms with Crippen molar-refractivity contribution < 1.29 is 27.1 Å². The van der Waals surface area contributed by atoms with Crippen molar-refractivity contribution in [1.29, 1.82) is 0 Å². The van der Waals surface area contributed by atoms with Gasteiger partial charge in [-0.2, -0.15) is 5.10 Å². The summed E-state index contributed by atoms with van der Waals surface area (Å²) >= 11 is 6.11. The van der Waals surface area contributed by atoms with Crippen molar-refractivity contribution in [2.45, 2.75) is 24.7 Å². The van der Waals surface area contributed by atoms with Gasteiger partial charge in [-0.15, -0.1) is 13.2 Å². The maximum absolute atomic E-state index is 13.7. The van der Waals surface area contributed by atoms with E-state index in [1.54, 1.807) is 12.1 Å². The molecule has 6 nitrogen and oxygen atoms in total. The van der Waals surface area contributed by atoms with Crippen molar-refractivity contribution in [3.63, 3.8) is 0 Å². The largest absolute Gasteiger partial charge is 0.573 e. The van der Waals surface area contributed by atoms with Crippen LogP contribution in [0, 0.1) is 5.82 Å². The number of benzene rings is 2. The fourth-order valence-electron chi connectivity index (χ4n) is 4.18. The second-order valence-corrected chi connectivity index (χ2v) is 8.36. The summed E-state index contributed by atoms with van der Waals surface area (Å²) in [6, 6.07) is 9.53. The molecular weight excluding hydrogens is 476 g/mol. The number of piperidine rings is 1. The first kappa shape index (κ1) is 24.0. The number of hydrogen-bond acceptors (Lipinski definition) is 4. The number of amides is 1. The highest BCUT2D eigenvalue weighted by molar-refractivity contribution is 6.33. The van der Waals surface area contributed by atoms with Crippen molar-refractivity contribution in [2.24, 2.45) is 7.05 Å². The lowest BCUT2D eigenvalue weighted by Crippen LogP contribution is -2.50. The van der Waals surface area contributed by atoms with Crippen LogP contribution in [0.5, 0.6) is 5.75 Å². The van der Waals surface area contributed by atoms with Gasteiger partial charge in [-0.1, -0.05) is 23.7 Å². The summed E-state index contributed by atoms with van der Waals surface area (Å²) in [5.41, 5.74) is 0.977. The molecule has 1 aliphatic heterocycles. The summed E-state index contributed by atoms with van der Waals surface area (Å²) in [7, 11) is 1.53. The lowest BCUT2D eigenvalue weighted by Gasteiger charge is -2.33. The second-order valence-electron chi connectivity index (χ2n) is 7.96. The lowest BCUT2D eigenvalue weighted by molar-refractivity contribution is -0.274. The highest BCUT2D eigenvalue weighted by Gasteiger charge is 2.34. The molecule has 0 saturated carbocycles. The summed E-state index contributed by atoms with van der Waals surface area (Å²) in [5.74, 6) is -1.68. The Morgan fingerprint density at radius 2 is 2.06 bits per heavy atom. The molecule has 2 heterocycles. The zero-order chi connectivity index (χ0) is 24.5. The van der Waals surface area contributed by atoms with Gasteiger partial charge in [0.15, 0.2) is 0 Å². The van der Waals surface area contributed by atoms with Gasteiger partial charge >= 0.3 is 6.36 Å². The quantitative estimate of drug-likeness (QED) is 0.504. The van der Waals surface area contributed by atoms with Gasteiger partial charge in [0.2, 0.25) is 0 Å². The van der Waals surface area contributed by atoms with E-state index in [0.29, 0.717) is 19.5 Å². The van der Waals surface area contributed by atoms with Gasteiger partial charge in [0.1, 0.15) is 11.6 Å². The third-order valence-electron chi connectivity index (χ3n) is 5.69. The van der Waals surface area contributed by atoms with Crippen LogP contribution >= 0.6 is 11.6 Å². The molecule has 1 aliphatic rings. The molecule has 0 aliphatic carbocycles. The van der Waals surface area contributed by atoms with E-state index in [4.69, 9.17) is 11.6 Å². The molecule has 4 rings (SSSR count). The molecule has 180 valence electrons. The summed E-state index contributed by atoms with van der Waals surface area (Å²) in [6.07, 6.45) is -3.02. The molecule has 1 unspecified atom stereocenters. The highest BCUT2D eigenvalue weighted by Crippen LogP contribution is 2.38. The predicted molar refractivity (Wildman–Crippen MR) is 118 cm³/mol. The Bertz CT molecular complexity index is 1180. The van der Waals surface area contributed by atoms with Crippen LogP contribution in [0.4, 0.5) is 17.6 Å². The standard InChI is InChI=1S/C23H21ClF4N4O2/c1-32-21(18(24)11-30-32)17-6-5-14(10-20(17)34-23(26,27)28)22(33)31-19-12-29-8-7-16(19)13-3-2-4-15(25)9-13/h2-6,9-11,16,19,29H,7-8,12H2,1H3,(H,31,33)/t16?,19-/m1/s1. The molecule has 2 N–H and O–H groups in total. The van der Waals surface area contributed by atoms with Gasteiger partial charge in [0.25, 0.3) is 5.91 Å². The minimum atomic E-state index is -4.98. The minimum absolute atomic E-state index is 0.0233. The van der Waals surface area contributed by atoms with Gasteiger partial charge < -0.3 is 15.4 Å². The number of hydrogen-bond donors (Lipinski definition) is 2. The van der Waals surface area contributed by atoms with Gasteiger partial charge in [-0.05, 0) is 48.9 Å². The number of halogens is 5. The average molecular weight is 497 g/mol. The Morgan fingerprint density at radius 1 is 1.26 bits per heavy atom. The molecule has 2 atom stereocenters. The molecule has 34 heavy (non-hydrogen) atoms. The molecule has 11 heteroatoms. The fraction of sp³-hybridized carbons (Fsp3) is 0.304. The SMILES string of the molecule is Cn1ncc(Cl)c1-c1ccc(C(=O)N[C@@H]2CNCCC2c2cccc(F)c2)cc1OC(F)(F)F. The predicted octanol–water partition coefficient (Wildman–Crippen LogP) is 4.65. The Morgan fingerprint density at radius 3 is 2.74 bits per heavy atom. The molecule has 1 saturated heterocycles. The molecule has 0 bridgehead atoms. The minimum Gasteiger partial charge on any atom is -0.405 e. The number of ether oxygens (including phenoxy) is 1. The number of aromatic nitrogens is 2. The number of carbonyl (C=O) groups is 1. The summed E-state index contributed by atoms with van der Waals surface area (Å²) in [6.45, 7) is 1.12. The van der Waals surface area contributed by atoms with Crippen molar-refractivity contribution in [2.75, 3.05) is 13.1 Å². The Labute approximate surface area is 197 Å². The molecular formula is C23H21ClF4N4O2. The smallest absolute Gasteiger partial charge is 0.405 e. The van der Waals surface area contributed by atoms with Gasteiger partial charge in [-0.25, -0.2) is 4.39 Å². The third-order valence-corrected chi connectivity index (χ3v) is 5.97. The average Bonchev–Trinajstić information content (AvgIpc) is 3.11. The van der Waals surface area contributed by atoms with E-state index in [0.717, 1.165) is 11.6 Å². The lowest BCUT2D eigenvalue weighted by atomic mass is 9.86. The number of nitrogens with zero attached hydrogens (tertiary/aromatic N) is 2. The van der Waals surface area contributed by atoms with Crippen LogP contribution in [-0.2, 0) is 7.05 Å². The van der Waals surface area contributed by atoms with E-state index in [9.17, 15) is 22.4 Å². The number of aryl methyl sites for hydroxylation is 1. The second kappa shape index (κ2) is 9.63. The van der Waals surface area contributed by atoms with Crippen LogP contribution in [0.15, 0.2) is 48.7 Å². The molecule has 1 amide bonds. The van der Waals surface area contributed by atoms with Crippen LogP contribution < -0.4 is 15.4 Å². The number of rotatable bonds is 5. The third kappa shape index (κ3) is 5.34. The van der Waals surface area contributed by atoms with Crippen molar-refractivity contribution >= 4 is 17.5 Å². The van der Waals surface area contributed by atoms with Crippen molar-refractivity contribution in [3.05, 3.63) is 70.6 Å². The number of alkyl halides is 3. The zero-order valence-electron chi connectivity index (χ0n) is 18.0. The monoisotopic (exact) mass is 496 g/mol. The first-order valence-corrected chi connectivity index (χ1v) is 10.8. The Kier molecular flexibility index (Phi) is 6.81. The molecule has 1 fully saturated rings. The normalized spacial score (nSPS) is 18.5. The van der Waals surface area contributed by atoms with E-state index in [2.05, 4.69) is 20.5 Å². The maximum Gasteiger partial charge on any atom is 0.573 e. The summed E-state index contributed by atoms with van der Waals surface area (Å²) in [4.78, 5) is 13.0. The van der Waals surface area contributed by atoms with E-state index >= 15 is 0 Å².